The Morgan fingerprint density at radius 1 is 1.32 bits per heavy atom. The number of amides is 3. The van der Waals surface area contributed by atoms with E-state index < -0.39 is 17.7 Å². The van der Waals surface area contributed by atoms with Crippen molar-refractivity contribution in [2.75, 3.05) is 13.2 Å². The summed E-state index contributed by atoms with van der Waals surface area (Å²) in [5.74, 6) is 0.340. The number of hydrogen-bond acceptors (Lipinski definition) is 4. The monoisotopic (exact) mass is 306 g/mol. The molecule has 0 unspecified atom stereocenters. The standard InChI is InChI=1S/C16H22N2O4/c1-3-9-16(2)14(20)18(15(21)17-16)10-12(19)11-22-13-7-5-4-6-8-13/h4-8,12,19H,3,9-11H2,1-2H3,(H,17,21)/t12-,16-/m1/s1. The smallest absolute Gasteiger partial charge is 0.325 e. The number of carbonyl (C=O) groups excluding carboxylic acids is 2. The van der Waals surface area contributed by atoms with E-state index in [4.69, 9.17) is 4.74 Å². The van der Waals surface area contributed by atoms with Gasteiger partial charge < -0.3 is 15.2 Å². The predicted molar refractivity (Wildman–Crippen MR) is 81.5 cm³/mol. The Hall–Kier alpha value is -2.08. The Balaban J connectivity index is 1.90. The topological polar surface area (TPSA) is 78.9 Å². The van der Waals surface area contributed by atoms with Gasteiger partial charge in [-0.1, -0.05) is 31.5 Å². The Bertz CT molecular complexity index is 534. The third kappa shape index (κ3) is 3.57. The van der Waals surface area contributed by atoms with Crippen LogP contribution in [0.3, 0.4) is 0 Å². The van der Waals surface area contributed by atoms with Crippen LogP contribution in [-0.2, 0) is 4.79 Å². The van der Waals surface area contributed by atoms with Crippen LogP contribution in [0.4, 0.5) is 4.79 Å². The number of β-amino-alcohol motifs (C(OH)–C–C–N with tert-alkyl or cyclic N) is 1. The Morgan fingerprint density at radius 3 is 2.64 bits per heavy atom. The molecule has 1 saturated heterocycles. The van der Waals surface area contributed by atoms with Crippen LogP contribution in [0.2, 0.25) is 0 Å². The molecule has 0 saturated carbocycles. The summed E-state index contributed by atoms with van der Waals surface area (Å²) in [5.41, 5.74) is -0.869. The number of benzene rings is 1. The molecule has 1 aliphatic heterocycles. The molecule has 0 aromatic heterocycles. The molecule has 2 atom stereocenters. The lowest BCUT2D eigenvalue weighted by molar-refractivity contribution is -0.132. The van der Waals surface area contributed by atoms with Crippen LogP contribution in [0.15, 0.2) is 30.3 Å². The molecule has 2 rings (SSSR count). The van der Waals surface area contributed by atoms with E-state index in [9.17, 15) is 14.7 Å². The molecule has 0 spiro atoms. The Morgan fingerprint density at radius 2 is 2.00 bits per heavy atom. The van der Waals surface area contributed by atoms with Gasteiger partial charge in [-0.3, -0.25) is 9.69 Å². The van der Waals surface area contributed by atoms with Gasteiger partial charge in [-0.15, -0.1) is 0 Å². The number of hydrogen-bond donors (Lipinski definition) is 2. The number of carbonyl (C=O) groups is 2. The number of nitrogens with zero attached hydrogens (tertiary/aromatic N) is 1. The number of imide groups is 1. The zero-order chi connectivity index (χ0) is 16.2. The predicted octanol–water partition coefficient (Wildman–Crippen LogP) is 1.54. The highest BCUT2D eigenvalue weighted by Gasteiger charge is 2.47. The van der Waals surface area contributed by atoms with Crippen molar-refractivity contribution >= 4 is 11.9 Å². The van der Waals surface area contributed by atoms with Gasteiger partial charge in [0.25, 0.3) is 5.91 Å². The largest absolute Gasteiger partial charge is 0.491 e. The van der Waals surface area contributed by atoms with Gasteiger partial charge in [0.2, 0.25) is 0 Å². The van der Waals surface area contributed by atoms with Crippen molar-refractivity contribution in [1.29, 1.82) is 0 Å². The van der Waals surface area contributed by atoms with Gasteiger partial charge in [0.05, 0.1) is 6.54 Å². The highest BCUT2D eigenvalue weighted by molar-refractivity contribution is 6.06. The number of nitrogens with one attached hydrogen (secondary N) is 1. The maximum absolute atomic E-state index is 12.3. The Kier molecular flexibility index (Phi) is 5.03. The van der Waals surface area contributed by atoms with E-state index in [1.165, 1.54) is 0 Å². The van der Waals surface area contributed by atoms with Crippen molar-refractivity contribution in [2.24, 2.45) is 0 Å². The molecule has 1 heterocycles. The summed E-state index contributed by atoms with van der Waals surface area (Å²) >= 11 is 0. The number of urea groups is 1. The normalized spacial score (nSPS) is 22.6. The molecule has 0 radical (unpaired) electrons. The van der Waals surface area contributed by atoms with Gasteiger partial charge in [0.15, 0.2) is 0 Å². The van der Waals surface area contributed by atoms with Gasteiger partial charge in [-0.25, -0.2) is 4.79 Å². The van der Waals surface area contributed by atoms with Crippen LogP contribution in [0.1, 0.15) is 26.7 Å². The highest BCUT2D eigenvalue weighted by Crippen LogP contribution is 2.22. The van der Waals surface area contributed by atoms with E-state index in [0.29, 0.717) is 12.2 Å². The molecular formula is C16H22N2O4. The van der Waals surface area contributed by atoms with Crippen LogP contribution < -0.4 is 10.1 Å². The molecule has 1 aliphatic rings. The van der Waals surface area contributed by atoms with Crippen molar-refractivity contribution in [3.63, 3.8) is 0 Å². The summed E-state index contributed by atoms with van der Waals surface area (Å²) in [6, 6.07) is 8.62. The minimum atomic E-state index is -0.932. The first-order valence-electron chi connectivity index (χ1n) is 7.46. The first-order chi connectivity index (χ1) is 10.5. The van der Waals surface area contributed by atoms with Gasteiger partial charge in [-0.05, 0) is 25.5 Å². The first kappa shape index (κ1) is 16.3. The minimum absolute atomic E-state index is 0.0194. The summed E-state index contributed by atoms with van der Waals surface area (Å²) in [4.78, 5) is 25.3. The molecule has 1 aromatic carbocycles. The lowest BCUT2D eigenvalue weighted by Crippen LogP contribution is -2.44. The lowest BCUT2D eigenvalue weighted by atomic mass is 9.96. The highest BCUT2D eigenvalue weighted by atomic mass is 16.5. The van der Waals surface area contributed by atoms with Crippen LogP contribution >= 0.6 is 0 Å². The maximum Gasteiger partial charge on any atom is 0.325 e. The van der Waals surface area contributed by atoms with E-state index in [2.05, 4.69) is 5.32 Å². The number of rotatable bonds is 7. The molecule has 22 heavy (non-hydrogen) atoms. The van der Waals surface area contributed by atoms with Crippen LogP contribution in [0, 0.1) is 0 Å². The van der Waals surface area contributed by atoms with Gasteiger partial charge in [0.1, 0.15) is 24.0 Å². The quantitative estimate of drug-likeness (QED) is 0.749. The average molecular weight is 306 g/mol. The van der Waals surface area contributed by atoms with Gasteiger partial charge >= 0.3 is 6.03 Å². The van der Waals surface area contributed by atoms with E-state index in [0.717, 1.165) is 11.3 Å². The van der Waals surface area contributed by atoms with E-state index in [1.807, 2.05) is 25.1 Å². The molecule has 2 N–H and O–H groups in total. The van der Waals surface area contributed by atoms with Crippen molar-refractivity contribution in [2.45, 2.75) is 38.3 Å². The van der Waals surface area contributed by atoms with Crippen LogP contribution in [0.5, 0.6) is 5.75 Å². The number of ether oxygens (including phenoxy) is 1. The summed E-state index contributed by atoms with van der Waals surface area (Å²) in [7, 11) is 0. The summed E-state index contributed by atoms with van der Waals surface area (Å²) in [5, 5.41) is 12.7. The maximum atomic E-state index is 12.3. The van der Waals surface area contributed by atoms with Crippen molar-refractivity contribution in [3.8, 4) is 5.75 Å². The molecule has 6 heteroatoms. The molecule has 1 aromatic rings. The van der Waals surface area contributed by atoms with E-state index in [-0.39, 0.29) is 19.1 Å². The second kappa shape index (κ2) is 6.79. The van der Waals surface area contributed by atoms with E-state index >= 15 is 0 Å². The van der Waals surface area contributed by atoms with Crippen LogP contribution in [0.25, 0.3) is 0 Å². The Labute approximate surface area is 130 Å². The number of para-hydroxylation sites is 1. The first-order valence-corrected chi connectivity index (χ1v) is 7.46. The fraction of sp³-hybridized carbons (Fsp3) is 0.500. The third-order valence-electron chi connectivity index (χ3n) is 3.67. The second-order valence-corrected chi connectivity index (χ2v) is 5.71. The summed E-state index contributed by atoms with van der Waals surface area (Å²) in [6.45, 7) is 3.61. The average Bonchev–Trinajstić information content (AvgIpc) is 2.70. The minimum Gasteiger partial charge on any atom is -0.491 e. The molecule has 0 aliphatic carbocycles. The van der Waals surface area contributed by atoms with Crippen molar-refractivity contribution in [1.82, 2.24) is 10.2 Å². The van der Waals surface area contributed by atoms with Crippen LogP contribution in [-0.4, -0.2) is 46.7 Å². The zero-order valence-corrected chi connectivity index (χ0v) is 12.9. The van der Waals surface area contributed by atoms with Crippen molar-refractivity contribution < 1.29 is 19.4 Å². The molecule has 1 fully saturated rings. The molecule has 120 valence electrons. The lowest BCUT2D eigenvalue weighted by Gasteiger charge is -2.22. The fourth-order valence-electron chi connectivity index (χ4n) is 2.55. The third-order valence-corrected chi connectivity index (χ3v) is 3.67. The zero-order valence-electron chi connectivity index (χ0n) is 12.9. The second-order valence-electron chi connectivity index (χ2n) is 5.71. The summed E-state index contributed by atoms with van der Waals surface area (Å²) in [6.07, 6.45) is 0.430. The number of aliphatic hydroxyl groups excluding tert-OH is 1. The van der Waals surface area contributed by atoms with Crippen molar-refractivity contribution in [3.05, 3.63) is 30.3 Å². The van der Waals surface area contributed by atoms with Gasteiger partial charge in [-0.2, -0.15) is 0 Å². The van der Waals surface area contributed by atoms with E-state index in [1.54, 1.807) is 19.1 Å². The molecule has 3 amide bonds. The molecule has 0 bridgehead atoms. The van der Waals surface area contributed by atoms with Gasteiger partial charge in [0, 0.05) is 0 Å². The SMILES string of the molecule is CCC[C@@]1(C)NC(=O)N(C[C@@H](O)COc2ccccc2)C1=O. The fourth-order valence-corrected chi connectivity index (χ4v) is 2.55. The number of aliphatic hydroxyl groups is 1. The molecular weight excluding hydrogens is 284 g/mol. The summed E-state index contributed by atoms with van der Waals surface area (Å²) < 4.78 is 5.43. The molecule has 6 nitrogen and oxygen atoms in total.